The van der Waals surface area contributed by atoms with E-state index in [-0.39, 0.29) is 6.61 Å². The van der Waals surface area contributed by atoms with Crippen LogP contribution in [0.2, 0.25) is 0 Å². The predicted octanol–water partition coefficient (Wildman–Crippen LogP) is 1.65. The summed E-state index contributed by atoms with van der Waals surface area (Å²) in [5, 5.41) is 15.2. The molecule has 1 rings (SSSR count). The zero-order valence-electron chi connectivity index (χ0n) is 10.8. The normalized spacial score (nSPS) is 12.2. The fraction of sp³-hybridized carbons (Fsp3) is 0.667. The first-order valence-electron chi connectivity index (χ1n) is 6.07. The molecule has 0 amide bonds. The van der Waals surface area contributed by atoms with Crippen LogP contribution in [0.15, 0.2) is 6.07 Å². The van der Waals surface area contributed by atoms with Crippen LogP contribution in [0.1, 0.15) is 25.6 Å². The topological polar surface area (TPSA) is 70.1 Å². The molecule has 17 heavy (non-hydrogen) atoms. The van der Waals surface area contributed by atoms with E-state index in [0.29, 0.717) is 5.92 Å². The minimum Gasteiger partial charge on any atom is -0.396 e. The minimum atomic E-state index is 0.241. The summed E-state index contributed by atoms with van der Waals surface area (Å²) >= 11 is 0. The van der Waals surface area contributed by atoms with Crippen LogP contribution in [0, 0.1) is 12.8 Å². The number of rotatable bonds is 7. The van der Waals surface area contributed by atoms with E-state index in [9.17, 15) is 0 Å². The van der Waals surface area contributed by atoms with Crippen molar-refractivity contribution in [1.82, 2.24) is 9.97 Å². The van der Waals surface area contributed by atoms with Crippen molar-refractivity contribution >= 4 is 11.6 Å². The van der Waals surface area contributed by atoms with Crippen molar-refractivity contribution < 1.29 is 5.11 Å². The van der Waals surface area contributed by atoms with Crippen molar-refractivity contribution in [1.29, 1.82) is 0 Å². The summed E-state index contributed by atoms with van der Waals surface area (Å²) in [5.41, 5.74) is 0. The summed E-state index contributed by atoms with van der Waals surface area (Å²) in [6, 6.07) is 1.89. The molecule has 0 aliphatic rings. The molecule has 96 valence electrons. The largest absolute Gasteiger partial charge is 0.396 e. The number of hydrogen-bond donors (Lipinski definition) is 3. The molecule has 0 radical (unpaired) electrons. The average molecular weight is 238 g/mol. The highest BCUT2D eigenvalue weighted by Gasteiger charge is 2.06. The first-order valence-corrected chi connectivity index (χ1v) is 6.07. The summed E-state index contributed by atoms with van der Waals surface area (Å²) < 4.78 is 0. The Hall–Kier alpha value is -1.36. The molecule has 5 heteroatoms. The first-order chi connectivity index (χ1) is 8.19. The second kappa shape index (κ2) is 7.06. The van der Waals surface area contributed by atoms with Crippen molar-refractivity contribution in [2.45, 2.75) is 26.7 Å². The monoisotopic (exact) mass is 238 g/mol. The van der Waals surface area contributed by atoms with E-state index in [1.165, 1.54) is 0 Å². The third-order valence-corrected chi connectivity index (χ3v) is 2.78. The fourth-order valence-corrected chi connectivity index (χ4v) is 1.67. The van der Waals surface area contributed by atoms with Gasteiger partial charge in [-0.25, -0.2) is 9.97 Å². The van der Waals surface area contributed by atoms with E-state index in [1.54, 1.807) is 0 Å². The van der Waals surface area contributed by atoms with Crippen LogP contribution >= 0.6 is 0 Å². The second-order valence-corrected chi connectivity index (χ2v) is 4.10. The average Bonchev–Trinajstić information content (AvgIpc) is 2.33. The molecule has 0 saturated heterocycles. The maximum absolute atomic E-state index is 8.93. The Kier molecular flexibility index (Phi) is 5.69. The lowest BCUT2D eigenvalue weighted by Gasteiger charge is -2.15. The lowest BCUT2D eigenvalue weighted by atomic mass is 10.0. The van der Waals surface area contributed by atoms with E-state index in [4.69, 9.17) is 5.11 Å². The van der Waals surface area contributed by atoms with Crippen molar-refractivity contribution in [3.8, 4) is 0 Å². The maximum atomic E-state index is 8.93. The van der Waals surface area contributed by atoms with Gasteiger partial charge in [0.2, 0.25) is 0 Å². The van der Waals surface area contributed by atoms with Crippen molar-refractivity contribution in [3.63, 3.8) is 0 Å². The number of hydrogen-bond acceptors (Lipinski definition) is 5. The van der Waals surface area contributed by atoms with Gasteiger partial charge in [-0.2, -0.15) is 0 Å². The molecule has 1 atom stereocenters. The van der Waals surface area contributed by atoms with Gasteiger partial charge in [0.05, 0.1) is 0 Å². The van der Waals surface area contributed by atoms with Gasteiger partial charge < -0.3 is 15.7 Å². The van der Waals surface area contributed by atoms with E-state index in [0.717, 1.165) is 36.8 Å². The molecule has 0 spiro atoms. The number of aromatic nitrogens is 2. The molecule has 1 aromatic heterocycles. The summed E-state index contributed by atoms with van der Waals surface area (Å²) in [7, 11) is 1.84. The van der Waals surface area contributed by atoms with Crippen LogP contribution in [0.5, 0.6) is 0 Å². The maximum Gasteiger partial charge on any atom is 0.131 e. The van der Waals surface area contributed by atoms with Gasteiger partial charge in [0.25, 0.3) is 0 Å². The molecule has 0 fully saturated rings. The fourth-order valence-electron chi connectivity index (χ4n) is 1.67. The van der Waals surface area contributed by atoms with E-state index >= 15 is 0 Å². The van der Waals surface area contributed by atoms with Gasteiger partial charge in [-0.15, -0.1) is 0 Å². The van der Waals surface area contributed by atoms with Crippen LogP contribution in [0.4, 0.5) is 11.6 Å². The van der Waals surface area contributed by atoms with Gasteiger partial charge in [0.15, 0.2) is 0 Å². The molecular weight excluding hydrogens is 216 g/mol. The Morgan fingerprint density at radius 2 is 2.06 bits per heavy atom. The van der Waals surface area contributed by atoms with Crippen molar-refractivity contribution in [2.24, 2.45) is 5.92 Å². The van der Waals surface area contributed by atoms with Gasteiger partial charge >= 0.3 is 0 Å². The number of aliphatic hydroxyl groups excluding tert-OH is 1. The quantitative estimate of drug-likeness (QED) is 0.674. The molecule has 0 bridgehead atoms. The SMILES string of the molecule is CCC(CCO)CNc1cc(NC)nc(C)n1. The third-order valence-electron chi connectivity index (χ3n) is 2.78. The molecule has 0 saturated carbocycles. The van der Waals surface area contributed by atoms with Gasteiger partial charge in [-0.1, -0.05) is 13.3 Å². The van der Waals surface area contributed by atoms with Crippen LogP contribution in [0.25, 0.3) is 0 Å². The first kappa shape index (κ1) is 13.7. The smallest absolute Gasteiger partial charge is 0.131 e. The lowest BCUT2D eigenvalue weighted by Crippen LogP contribution is -2.16. The van der Waals surface area contributed by atoms with Crippen LogP contribution in [-0.4, -0.2) is 35.3 Å². The number of anilines is 2. The minimum absolute atomic E-state index is 0.241. The van der Waals surface area contributed by atoms with E-state index in [2.05, 4.69) is 27.5 Å². The van der Waals surface area contributed by atoms with Gasteiger partial charge in [-0.3, -0.25) is 0 Å². The standard InChI is InChI=1S/C12H22N4O/c1-4-10(5-6-17)8-14-12-7-11(13-3)15-9(2)16-12/h7,10,17H,4-6,8H2,1-3H3,(H2,13,14,15,16). The Balaban J connectivity index is 2.58. The molecule has 3 N–H and O–H groups in total. The van der Waals surface area contributed by atoms with Crippen LogP contribution in [0.3, 0.4) is 0 Å². The van der Waals surface area contributed by atoms with Crippen molar-refractivity contribution in [2.75, 3.05) is 30.8 Å². The summed E-state index contributed by atoms with van der Waals surface area (Å²) in [5.74, 6) is 2.87. The Morgan fingerprint density at radius 1 is 1.35 bits per heavy atom. The Bertz CT molecular complexity index is 343. The molecule has 0 aromatic carbocycles. The zero-order chi connectivity index (χ0) is 12.7. The third kappa shape index (κ3) is 4.56. The molecule has 0 aliphatic carbocycles. The summed E-state index contributed by atoms with van der Waals surface area (Å²) in [4.78, 5) is 8.56. The van der Waals surface area contributed by atoms with E-state index < -0.39 is 0 Å². The molecule has 0 aliphatic heterocycles. The van der Waals surface area contributed by atoms with Crippen LogP contribution in [-0.2, 0) is 0 Å². The van der Waals surface area contributed by atoms with Gasteiger partial charge in [-0.05, 0) is 19.3 Å². The highest BCUT2D eigenvalue weighted by molar-refractivity contribution is 5.47. The molecule has 1 heterocycles. The number of aryl methyl sites for hydroxylation is 1. The van der Waals surface area contributed by atoms with Crippen LogP contribution < -0.4 is 10.6 Å². The Morgan fingerprint density at radius 3 is 2.65 bits per heavy atom. The van der Waals surface area contributed by atoms with Crippen molar-refractivity contribution in [3.05, 3.63) is 11.9 Å². The highest BCUT2D eigenvalue weighted by atomic mass is 16.3. The lowest BCUT2D eigenvalue weighted by molar-refractivity contribution is 0.258. The second-order valence-electron chi connectivity index (χ2n) is 4.10. The molecular formula is C12H22N4O. The highest BCUT2D eigenvalue weighted by Crippen LogP contribution is 2.13. The number of nitrogens with zero attached hydrogens (tertiary/aromatic N) is 2. The zero-order valence-corrected chi connectivity index (χ0v) is 10.8. The Labute approximate surface area is 103 Å². The summed E-state index contributed by atoms with van der Waals surface area (Å²) in [6.07, 6.45) is 1.88. The van der Waals surface area contributed by atoms with Gasteiger partial charge in [0.1, 0.15) is 17.5 Å². The summed E-state index contributed by atoms with van der Waals surface area (Å²) in [6.45, 7) is 5.07. The number of aliphatic hydroxyl groups is 1. The number of nitrogens with one attached hydrogen (secondary N) is 2. The molecule has 1 aromatic rings. The molecule has 5 nitrogen and oxygen atoms in total. The van der Waals surface area contributed by atoms with Gasteiger partial charge in [0, 0.05) is 26.3 Å². The van der Waals surface area contributed by atoms with E-state index in [1.807, 2.05) is 20.0 Å². The predicted molar refractivity (Wildman–Crippen MR) is 70.3 cm³/mol. The molecule has 1 unspecified atom stereocenters.